The van der Waals surface area contributed by atoms with Gasteiger partial charge in [-0.2, -0.15) is 13.2 Å². The second-order valence-electron chi connectivity index (χ2n) is 4.01. The van der Waals surface area contributed by atoms with Gasteiger partial charge in [-0.3, -0.25) is 4.79 Å². The van der Waals surface area contributed by atoms with Crippen LogP contribution in [0.25, 0.3) is 0 Å². The third-order valence-electron chi connectivity index (χ3n) is 2.60. The molecular formula is C14H7ClF4O2. The Bertz CT molecular complexity index is 683. The first-order chi connectivity index (χ1) is 9.82. The zero-order valence-corrected chi connectivity index (χ0v) is 11.0. The van der Waals surface area contributed by atoms with Gasteiger partial charge in [0.1, 0.15) is 17.3 Å². The second kappa shape index (κ2) is 5.73. The molecule has 0 saturated heterocycles. The Morgan fingerprint density at radius 1 is 1.10 bits per heavy atom. The molecule has 0 spiro atoms. The van der Waals surface area contributed by atoms with E-state index in [2.05, 4.69) is 0 Å². The number of carbonyl (C=O) groups excluding carboxylic acids is 1. The number of benzene rings is 2. The highest BCUT2D eigenvalue weighted by atomic mass is 35.5. The van der Waals surface area contributed by atoms with Crippen LogP contribution in [-0.4, -0.2) is 6.29 Å². The first-order valence-corrected chi connectivity index (χ1v) is 5.99. The fourth-order valence-electron chi connectivity index (χ4n) is 1.68. The predicted molar refractivity (Wildman–Crippen MR) is 68.3 cm³/mol. The Morgan fingerprint density at radius 2 is 1.81 bits per heavy atom. The van der Waals surface area contributed by atoms with Crippen LogP contribution in [0.2, 0.25) is 5.02 Å². The van der Waals surface area contributed by atoms with Crippen LogP contribution in [0.3, 0.4) is 0 Å². The van der Waals surface area contributed by atoms with Gasteiger partial charge in [-0.25, -0.2) is 4.39 Å². The topological polar surface area (TPSA) is 26.3 Å². The van der Waals surface area contributed by atoms with Gasteiger partial charge >= 0.3 is 6.18 Å². The van der Waals surface area contributed by atoms with Crippen molar-refractivity contribution in [2.24, 2.45) is 0 Å². The van der Waals surface area contributed by atoms with Crippen LogP contribution in [0.15, 0.2) is 36.4 Å². The molecule has 0 heterocycles. The molecule has 0 aliphatic rings. The highest BCUT2D eigenvalue weighted by Crippen LogP contribution is 2.37. The van der Waals surface area contributed by atoms with Gasteiger partial charge in [0.25, 0.3) is 0 Å². The fraction of sp³-hybridized carbons (Fsp3) is 0.0714. The van der Waals surface area contributed by atoms with E-state index in [0.717, 1.165) is 30.3 Å². The van der Waals surface area contributed by atoms with Crippen molar-refractivity contribution in [2.75, 3.05) is 0 Å². The summed E-state index contributed by atoms with van der Waals surface area (Å²) in [4.78, 5) is 11.0. The van der Waals surface area contributed by atoms with Crippen LogP contribution < -0.4 is 4.74 Å². The maximum Gasteiger partial charge on any atom is 0.417 e. The molecule has 0 aliphatic carbocycles. The standard InChI is InChI=1S/C14H7ClF4O2/c15-11-6-8(16)4-5-13(11)21-12-3-1-2-10(9(12)7-20)14(17,18)19/h1-7H. The third kappa shape index (κ3) is 3.33. The molecule has 7 heteroatoms. The maximum atomic E-state index is 12.9. The average molecular weight is 319 g/mol. The summed E-state index contributed by atoms with van der Waals surface area (Å²) in [7, 11) is 0. The summed E-state index contributed by atoms with van der Waals surface area (Å²) < 4.78 is 56.5. The molecule has 0 bridgehead atoms. The number of alkyl halides is 3. The molecule has 0 aromatic heterocycles. The van der Waals surface area contributed by atoms with Gasteiger partial charge in [0.15, 0.2) is 6.29 Å². The average Bonchev–Trinajstić information content (AvgIpc) is 2.40. The molecule has 2 aromatic carbocycles. The molecule has 2 aromatic rings. The largest absolute Gasteiger partial charge is 0.455 e. The molecule has 110 valence electrons. The summed E-state index contributed by atoms with van der Waals surface area (Å²) >= 11 is 5.73. The van der Waals surface area contributed by atoms with E-state index in [4.69, 9.17) is 16.3 Å². The quantitative estimate of drug-likeness (QED) is 0.581. The molecule has 2 rings (SSSR count). The Hall–Kier alpha value is -2.08. The molecule has 0 aliphatic heterocycles. The van der Waals surface area contributed by atoms with E-state index in [-0.39, 0.29) is 22.8 Å². The summed E-state index contributed by atoms with van der Waals surface area (Å²) in [5, 5.41) is -0.121. The lowest BCUT2D eigenvalue weighted by Crippen LogP contribution is -2.09. The van der Waals surface area contributed by atoms with Gasteiger partial charge in [-0.1, -0.05) is 17.7 Å². The second-order valence-corrected chi connectivity index (χ2v) is 4.42. The summed E-state index contributed by atoms with van der Waals surface area (Å²) in [5.41, 5.74) is -1.77. The number of rotatable bonds is 3. The number of hydrogen-bond donors (Lipinski definition) is 0. The van der Waals surface area contributed by atoms with Crippen LogP contribution >= 0.6 is 11.6 Å². The van der Waals surface area contributed by atoms with Gasteiger partial charge in [0.05, 0.1) is 16.1 Å². The fourth-order valence-corrected chi connectivity index (χ4v) is 1.88. The summed E-state index contributed by atoms with van der Waals surface area (Å²) in [6.45, 7) is 0. The van der Waals surface area contributed by atoms with Crippen LogP contribution in [-0.2, 0) is 6.18 Å². The molecule has 0 atom stereocenters. The monoisotopic (exact) mass is 318 g/mol. The lowest BCUT2D eigenvalue weighted by Gasteiger charge is -2.14. The number of hydrogen-bond acceptors (Lipinski definition) is 2. The zero-order chi connectivity index (χ0) is 15.6. The van der Waals surface area contributed by atoms with Crippen molar-refractivity contribution < 1.29 is 27.1 Å². The minimum absolute atomic E-state index is 0.0512. The van der Waals surface area contributed by atoms with Gasteiger partial charge in [0.2, 0.25) is 0 Å². The molecule has 0 N–H and O–H groups in total. The summed E-state index contributed by atoms with van der Waals surface area (Å²) in [6.07, 6.45) is -4.64. The zero-order valence-electron chi connectivity index (χ0n) is 10.2. The van der Waals surface area contributed by atoms with Crippen LogP contribution in [0.4, 0.5) is 17.6 Å². The van der Waals surface area contributed by atoms with E-state index < -0.39 is 23.1 Å². The van der Waals surface area contributed by atoms with E-state index in [1.165, 1.54) is 6.07 Å². The van der Waals surface area contributed by atoms with Crippen molar-refractivity contribution >= 4 is 17.9 Å². The van der Waals surface area contributed by atoms with Gasteiger partial charge in [0, 0.05) is 0 Å². The lowest BCUT2D eigenvalue weighted by molar-refractivity contribution is -0.137. The van der Waals surface area contributed by atoms with Crippen LogP contribution in [0, 0.1) is 5.82 Å². The van der Waals surface area contributed by atoms with E-state index in [1.54, 1.807) is 0 Å². The predicted octanol–water partition coefficient (Wildman–Crippen LogP) is 5.10. The van der Waals surface area contributed by atoms with E-state index in [0.29, 0.717) is 0 Å². The normalized spacial score (nSPS) is 11.3. The summed E-state index contributed by atoms with van der Waals surface area (Å²) in [5.74, 6) is -0.985. The molecule has 0 fully saturated rings. The van der Waals surface area contributed by atoms with E-state index in [1.807, 2.05) is 0 Å². The summed E-state index contributed by atoms with van der Waals surface area (Å²) in [6, 6.07) is 6.21. The van der Waals surface area contributed by atoms with E-state index >= 15 is 0 Å². The van der Waals surface area contributed by atoms with Crippen molar-refractivity contribution in [1.29, 1.82) is 0 Å². The number of aldehydes is 1. The van der Waals surface area contributed by atoms with Crippen LogP contribution in [0.1, 0.15) is 15.9 Å². The first-order valence-electron chi connectivity index (χ1n) is 5.61. The third-order valence-corrected chi connectivity index (χ3v) is 2.90. The van der Waals surface area contributed by atoms with Crippen molar-refractivity contribution in [3.63, 3.8) is 0 Å². The number of halogens is 5. The SMILES string of the molecule is O=Cc1c(Oc2ccc(F)cc2Cl)cccc1C(F)(F)F. The lowest BCUT2D eigenvalue weighted by atomic mass is 10.1. The molecule has 2 nitrogen and oxygen atoms in total. The van der Waals surface area contributed by atoms with Crippen LogP contribution in [0.5, 0.6) is 11.5 Å². The Balaban J connectivity index is 2.47. The van der Waals surface area contributed by atoms with Crippen molar-refractivity contribution in [3.05, 3.63) is 58.4 Å². The minimum Gasteiger partial charge on any atom is -0.455 e. The first kappa shape index (κ1) is 15.3. The molecule has 0 amide bonds. The van der Waals surface area contributed by atoms with Crippen molar-refractivity contribution in [2.45, 2.75) is 6.18 Å². The molecule has 21 heavy (non-hydrogen) atoms. The Kier molecular flexibility index (Phi) is 4.18. The highest BCUT2D eigenvalue weighted by Gasteiger charge is 2.34. The Morgan fingerprint density at radius 3 is 2.38 bits per heavy atom. The van der Waals surface area contributed by atoms with Crippen molar-refractivity contribution in [1.82, 2.24) is 0 Å². The Labute approximate surface area is 121 Å². The maximum absolute atomic E-state index is 12.9. The molecular weight excluding hydrogens is 312 g/mol. The molecule has 0 saturated carbocycles. The van der Waals surface area contributed by atoms with Crippen molar-refractivity contribution in [3.8, 4) is 11.5 Å². The van der Waals surface area contributed by atoms with Gasteiger partial charge < -0.3 is 4.74 Å². The smallest absolute Gasteiger partial charge is 0.417 e. The molecule has 0 radical (unpaired) electrons. The molecule has 0 unspecified atom stereocenters. The van der Waals surface area contributed by atoms with Gasteiger partial charge in [-0.15, -0.1) is 0 Å². The number of ether oxygens (including phenoxy) is 1. The number of carbonyl (C=O) groups is 1. The van der Waals surface area contributed by atoms with E-state index in [9.17, 15) is 22.4 Å². The highest BCUT2D eigenvalue weighted by molar-refractivity contribution is 6.32. The van der Waals surface area contributed by atoms with Gasteiger partial charge in [-0.05, 0) is 30.3 Å². The minimum atomic E-state index is -4.69.